The van der Waals surface area contributed by atoms with E-state index in [0.29, 0.717) is 0 Å². The molecule has 1 heterocycles. The van der Waals surface area contributed by atoms with E-state index in [-0.39, 0.29) is 18.6 Å². The molecule has 0 saturated carbocycles. The van der Waals surface area contributed by atoms with Crippen LogP contribution >= 0.6 is 0 Å². The summed E-state index contributed by atoms with van der Waals surface area (Å²) in [6.07, 6.45) is 0. The summed E-state index contributed by atoms with van der Waals surface area (Å²) in [7, 11) is 1.76. The largest absolute Gasteiger partial charge is 0.394 e. The van der Waals surface area contributed by atoms with Gasteiger partial charge in [0.05, 0.1) is 18.2 Å². The lowest BCUT2D eigenvalue weighted by molar-refractivity contribution is -0.141. The molecule has 1 unspecified atom stereocenters. The van der Waals surface area contributed by atoms with Gasteiger partial charge in [-0.15, -0.1) is 0 Å². The predicted octanol–water partition coefficient (Wildman–Crippen LogP) is -0.491. The van der Waals surface area contributed by atoms with E-state index in [1.807, 2.05) is 20.8 Å². The number of amides is 1. The van der Waals surface area contributed by atoms with E-state index < -0.39 is 5.54 Å². The molecular formula is C12H25N3O2. The molecule has 0 bridgehead atoms. The molecule has 1 fully saturated rings. The van der Waals surface area contributed by atoms with Gasteiger partial charge in [0.25, 0.3) is 0 Å². The van der Waals surface area contributed by atoms with Crippen molar-refractivity contribution in [3.8, 4) is 0 Å². The summed E-state index contributed by atoms with van der Waals surface area (Å²) in [4.78, 5) is 16.1. The van der Waals surface area contributed by atoms with Crippen molar-refractivity contribution in [2.24, 2.45) is 0 Å². The topological polar surface area (TPSA) is 55.8 Å². The van der Waals surface area contributed by atoms with Crippen molar-refractivity contribution in [2.45, 2.75) is 32.4 Å². The predicted molar refractivity (Wildman–Crippen MR) is 67.8 cm³/mol. The Labute approximate surface area is 104 Å². The van der Waals surface area contributed by atoms with Crippen molar-refractivity contribution in [1.82, 2.24) is 15.1 Å². The molecule has 0 spiro atoms. The van der Waals surface area contributed by atoms with Crippen LogP contribution in [0, 0.1) is 0 Å². The summed E-state index contributed by atoms with van der Waals surface area (Å²) in [5, 5.41) is 12.6. The van der Waals surface area contributed by atoms with Crippen LogP contribution in [0.5, 0.6) is 0 Å². The Balaban J connectivity index is 2.62. The highest BCUT2D eigenvalue weighted by Crippen LogP contribution is 2.14. The highest BCUT2D eigenvalue weighted by Gasteiger charge is 2.32. The summed E-state index contributed by atoms with van der Waals surface area (Å²) in [5.41, 5.74) is -0.501. The molecule has 1 rings (SSSR count). The molecule has 5 heteroatoms. The number of piperazine rings is 1. The molecule has 0 aromatic carbocycles. The number of hydrogen-bond acceptors (Lipinski definition) is 4. The molecule has 5 nitrogen and oxygen atoms in total. The van der Waals surface area contributed by atoms with E-state index >= 15 is 0 Å². The number of nitrogens with one attached hydrogen (secondary N) is 1. The van der Waals surface area contributed by atoms with Gasteiger partial charge in [-0.2, -0.15) is 0 Å². The molecule has 0 aromatic rings. The Bertz CT molecular complexity index is 262. The average molecular weight is 243 g/mol. The first-order valence-corrected chi connectivity index (χ1v) is 6.23. The quantitative estimate of drug-likeness (QED) is 0.699. The van der Waals surface area contributed by atoms with Crippen LogP contribution in [0.25, 0.3) is 0 Å². The fourth-order valence-corrected chi connectivity index (χ4v) is 1.91. The summed E-state index contributed by atoms with van der Waals surface area (Å²) < 4.78 is 0. The normalized spacial score (nSPS) is 20.1. The Morgan fingerprint density at radius 1 is 1.47 bits per heavy atom. The number of carbonyl (C=O) groups is 1. The van der Waals surface area contributed by atoms with E-state index in [1.165, 1.54) is 0 Å². The van der Waals surface area contributed by atoms with Gasteiger partial charge in [0.15, 0.2) is 0 Å². The molecule has 17 heavy (non-hydrogen) atoms. The summed E-state index contributed by atoms with van der Waals surface area (Å²) in [6, 6.07) is -0.118. The first-order chi connectivity index (χ1) is 7.90. The van der Waals surface area contributed by atoms with E-state index in [0.717, 1.165) is 26.2 Å². The lowest BCUT2D eigenvalue weighted by atomic mass is 10.0. The Morgan fingerprint density at radius 2 is 2.00 bits per heavy atom. The third-order valence-electron chi connectivity index (χ3n) is 3.68. The molecule has 1 atom stereocenters. The van der Waals surface area contributed by atoms with Crippen LogP contribution in [-0.2, 0) is 4.79 Å². The minimum absolute atomic E-state index is 0.0243. The standard InChI is InChI=1S/C12H25N3O2/c1-10(15-7-5-13-6-8-15)11(17)14(4)12(2,3)9-16/h10,13,16H,5-9H2,1-4H3. The second-order valence-electron chi connectivity index (χ2n) is 5.33. The molecular weight excluding hydrogens is 218 g/mol. The number of carbonyl (C=O) groups excluding carboxylic acids is 1. The van der Waals surface area contributed by atoms with Crippen molar-refractivity contribution in [2.75, 3.05) is 39.8 Å². The molecule has 0 aromatic heterocycles. The van der Waals surface area contributed by atoms with Crippen LogP contribution in [0.15, 0.2) is 0 Å². The van der Waals surface area contributed by atoms with Crippen LogP contribution in [0.1, 0.15) is 20.8 Å². The van der Waals surface area contributed by atoms with E-state index in [2.05, 4.69) is 10.2 Å². The van der Waals surface area contributed by atoms with E-state index in [4.69, 9.17) is 0 Å². The Kier molecular flexibility index (Phi) is 4.91. The second kappa shape index (κ2) is 5.80. The summed E-state index contributed by atoms with van der Waals surface area (Å²) >= 11 is 0. The number of nitrogens with zero attached hydrogens (tertiary/aromatic N) is 2. The van der Waals surface area contributed by atoms with Crippen molar-refractivity contribution in [1.29, 1.82) is 0 Å². The smallest absolute Gasteiger partial charge is 0.239 e. The molecule has 2 N–H and O–H groups in total. The maximum atomic E-state index is 12.3. The van der Waals surface area contributed by atoms with Crippen LogP contribution in [0.2, 0.25) is 0 Å². The van der Waals surface area contributed by atoms with Crippen LogP contribution in [-0.4, -0.2) is 72.2 Å². The van der Waals surface area contributed by atoms with Gasteiger partial charge in [0, 0.05) is 33.2 Å². The number of aliphatic hydroxyl groups excluding tert-OH is 1. The highest BCUT2D eigenvalue weighted by atomic mass is 16.3. The zero-order valence-electron chi connectivity index (χ0n) is 11.4. The first kappa shape index (κ1) is 14.4. The summed E-state index contributed by atoms with van der Waals surface area (Å²) in [6.45, 7) is 9.34. The summed E-state index contributed by atoms with van der Waals surface area (Å²) in [5.74, 6) is 0.0750. The third kappa shape index (κ3) is 3.40. The number of likely N-dealkylation sites (N-methyl/N-ethyl adjacent to an activating group) is 1. The Morgan fingerprint density at radius 3 is 2.47 bits per heavy atom. The molecule has 0 radical (unpaired) electrons. The first-order valence-electron chi connectivity index (χ1n) is 6.23. The molecule has 0 aliphatic carbocycles. The molecule has 1 aliphatic rings. The van der Waals surface area contributed by atoms with Gasteiger partial charge in [-0.25, -0.2) is 0 Å². The lowest BCUT2D eigenvalue weighted by Gasteiger charge is -2.39. The maximum Gasteiger partial charge on any atom is 0.239 e. The van der Waals surface area contributed by atoms with Crippen LogP contribution in [0.4, 0.5) is 0 Å². The fourth-order valence-electron chi connectivity index (χ4n) is 1.91. The van der Waals surface area contributed by atoms with Gasteiger partial charge < -0.3 is 15.3 Å². The third-order valence-corrected chi connectivity index (χ3v) is 3.68. The zero-order valence-corrected chi connectivity index (χ0v) is 11.4. The number of hydrogen-bond donors (Lipinski definition) is 2. The minimum atomic E-state index is -0.501. The van der Waals surface area contributed by atoms with Gasteiger partial charge in [-0.1, -0.05) is 0 Å². The molecule has 100 valence electrons. The van der Waals surface area contributed by atoms with Gasteiger partial charge in [-0.05, 0) is 20.8 Å². The molecule has 1 aliphatic heterocycles. The number of aliphatic hydroxyl groups is 1. The van der Waals surface area contributed by atoms with Crippen molar-refractivity contribution in [3.63, 3.8) is 0 Å². The van der Waals surface area contributed by atoms with E-state index in [1.54, 1.807) is 11.9 Å². The van der Waals surface area contributed by atoms with Gasteiger partial charge in [0.2, 0.25) is 5.91 Å². The SMILES string of the molecule is CC(C(=O)N(C)C(C)(C)CO)N1CCNCC1. The van der Waals surface area contributed by atoms with Gasteiger partial charge in [-0.3, -0.25) is 9.69 Å². The van der Waals surface area contributed by atoms with Gasteiger partial charge >= 0.3 is 0 Å². The van der Waals surface area contributed by atoms with Crippen LogP contribution in [0.3, 0.4) is 0 Å². The molecule has 1 saturated heterocycles. The fraction of sp³-hybridized carbons (Fsp3) is 0.917. The van der Waals surface area contributed by atoms with Crippen LogP contribution < -0.4 is 5.32 Å². The average Bonchev–Trinajstić information content (AvgIpc) is 2.37. The lowest BCUT2D eigenvalue weighted by Crippen LogP contribution is -2.57. The Hall–Kier alpha value is -0.650. The van der Waals surface area contributed by atoms with Gasteiger partial charge in [0.1, 0.15) is 0 Å². The van der Waals surface area contributed by atoms with Crippen molar-refractivity contribution < 1.29 is 9.90 Å². The van der Waals surface area contributed by atoms with E-state index in [9.17, 15) is 9.90 Å². The van der Waals surface area contributed by atoms with Crippen molar-refractivity contribution in [3.05, 3.63) is 0 Å². The maximum absolute atomic E-state index is 12.3. The molecule has 1 amide bonds. The monoisotopic (exact) mass is 243 g/mol. The number of rotatable bonds is 4. The minimum Gasteiger partial charge on any atom is -0.394 e. The second-order valence-corrected chi connectivity index (χ2v) is 5.33. The zero-order chi connectivity index (χ0) is 13.1. The highest BCUT2D eigenvalue weighted by molar-refractivity contribution is 5.82. The van der Waals surface area contributed by atoms with Crippen molar-refractivity contribution >= 4 is 5.91 Å².